The molecule has 1 aromatic carbocycles. The van der Waals surface area contributed by atoms with Crippen LogP contribution in [0.25, 0.3) is 11.4 Å². The van der Waals surface area contributed by atoms with Crippen LogP contribution in [0.3, 0.4) is 0 Å². The van der Waals surface area contributed by atoms with E-state index in [2.05, 4.69) is 10.1 Å². The number of hydrogen-bond acceptors (Lipinski definition) is 4. The Morgan fingerprint density at radius 1 is 1.22 bits per heavy atom. The zero-order valence-corrected chi connectivity index (χ0v) is 10.0. The molecule has 1 aromatic heterocycles. The first-order chi connectivity index (χ1) is 8.49. The number of nitrogens with zero attached hydrogens (tertiary/aromatic N) is 2. The van der Waals surface area contributed by atoms with Crippen LogP contribution in [0.4, 0.5) is 8.78 Å². The molecule has 0 bridgehead atoms. The van der Waals surface area contributed by atoms with Crippen molar-refractivity contribution in [3.63, 3.8) is 0 Å². The van der Waals surface area contributed by atoms with E-state index in [0.717, 1.165) is 12.1 Å². The summed E-state index contributed by atoms with van der Waals surface area (Å²) in [6.07, 6.45) is 0. The van der Waals surface area contributed by atoms with Crippen molar-refractivity contribution in [1.82, 2.24) is 10.1 Å². The summed E-state index contributed by atoms with van der Waals surface area (Å²) in [5.41, 5.74) is 6.20. The minimum Gasteiger partial charge on any atom is -0.337 e. The lowest BCUT2D eigenvalue weighted by Crippen LogP contribution is -2.16. The zero-order valence-electron chi connectivity index (χ0n) is 10.0. The van der Waals surface area contributed by atoms with Gasteiger partial charge in [-0.15, -0.1) is 0 Å². The topological polar surface area (TPSA) is 64.9 Å². The van der Waals surface area contributed by atoms with Crippen LogP contribution < -0.4 is 5.73 Å². The number of aromatic nitrogens is 2. The summed E-state index contributed by atoms with van der Waals surface area (Å²) >= 11 is 0. The maximum Gasteiger partial charge on any atom is 0.244 e. The maximum atomic E-state index is 13.1. The molecule has 0 saturated carbocycles. The Bertz CT molecular complexity index is 554. The molecule has 0 aliphatic rings. The third kappa shape index (κ3) is 2.38. The van der Waals surface area contributed by atoms with Gasteiger partial charge in [0.1, 0.15) is 0 Å². The highest BCUT2D eigenvalue weighted by molar-refractivity contribution is 5.54. The van der Waals surface area contributed by atoms with Crippen molar-refractivity contribution in [3.05, 3.63) is 35.7 Å². The highest BCUT2D eigenvalue weighted by atomic mass is 19.2. The van der Waals surface area contributed by atoms with Crippen molar-refractivity contribution in [1.29, 1.82) is 0 Å². The molecule has 0 aliphatic carbocycles. The van der Waals surface area contributed by atoms with Gasteiger partial charge >= 0.3 is 0 Å². The highest BCUT2D eigenvalue weighted by Gasteiger charge is 2.19. The van der Waals surface area contributed by atoms with Crippen LogP contribution in [0, 0.1) is 17.6 Å². The first-order valence-corrected chi connectivity index (χ1v) is 5.53. The van der Waals surface area contributed by atoms with E-state index in [1.165, 1.54) is 6.07 Å². The van der Waals surface area contributed by atoms with Gasteiger partial charge in [0.2, 0.25) is 11.7 Å². The van der Waals surface area contributed by atoms with Crippen LogP contribution in [-0.2, 0) is 0 Å². The zero-order chi connectivity index (χ0) is 13.3. The van der Waals surface area contributed by atoms with Crippen LogP contribution in [0.2, 0.25) is 0 Å². The normalized spacial score (nSPS) is 13.0. The minimum atomic E-state index is -0.952. The fraction of sp³-hybridized carbons (Fsp3) is 0.333. The van der Waals surface area contributed by atoms with Crippen LogP contribution in [-0.4, -0.2) is 10.1 Å². The Morgan fingerprint density at radius 2 is 1.94 bits per heavy atom. The second-order valence-corrected chi connectivity index (χ2v) is 4.35. The summed E-state index contributed by atoms with van der Waals surface area (Å²) < 4.78 is 30.9. The third-order valence-electron chi connectivity index (χ3n) is 2.62. The standard InChI is InChI=1S/C12H13F2N3O/c1-6(2)10(15)12-16-11(17-18-12)7-3-4-8(13)9(14)5-7/h3-6,10H,15H2,1-2H3. The molecule has 0 aliphatic heterocycles. The summed E-state index contributed by atoms with van der Waals surface area (Å²) in [7, 11) is 0. The van der Waals surface area contributed by atoms with Gasteiger partial charge in [0.15, 0.2) is 11.6 Å². The molecule has 0 fully saturated rings. The Kier molecular flexibility index (Phi) is 3.38. The van der Waals surface area contributed by atoms with Gasteiger partial charge in [0.25, 0.3) is 0 Å². The van der Waals surface area contributed by atoms with Gasteiger partial charge in [-0.2, -0.15) is 4.98 Å². The van der Waals surface area contributed by atoms with Gasteiger partial charge in [-0.3, -0.25) is 0 Å². The molecule has 6 heteroatoms. The predicted molar refractivity (Wildman–Crippen MR) is 61.4 cm³/mol. The second kappa shape index (κ2) is 4.81. The first-order valence-electron chi connectivity index (χ1n) is 5.53. The number of hydrogen-bond donors (Lipinski definition) is 1. The average molecular weight is 253 g/mol. The summed E-state index contributed by atoms with van der Waals surface area (Å²) in [6.45, 7) is 3.85. The van der Waals surface area contributed by atoms with Crippen molar-refractivity contribution in [2.75, 3.05) is 0 Å². The van der Waals surface area contributed by atoms with Crippen molar-refractivity contribution in [3.8, 4) is 11.4 Å². The molecule has 0 amide bonds. The lowest BCUT2D eigenvalue weighted by atomic mass is 10.1. The predicted octanol–water partition coefficient (Wildman–Crippen LogP) is 2.67. The molecule has 18 heavy (non-hydrogen) atoms. The fourth-order valence-corrected chi connectivity index (χ4v) is 1.41. The molecule has 0 radical (unpaired) electrons. The van der Waals surface area contributed by atoms with Crippen LogP contribution in [0.5, 0.6) is 0 Å². The van der Waals surface area contributed by atoms with E-state index < -0.39 is 11.6 Å². The molecule has 2 N–H and O–H groups in total. The molecule has 1 heterocycles. The van der Waals surface area contributed by atoms with Gasteiger partial charge in [0.05, 0.1) is 6.04 Å². The highest BCUT2D eigenvalue weighted by Crippen LogP contribution is 2.22. The van der Waals surface area contributed by atoms with E-state index in [0.29, 0.717) is 5.56 Å². The lowest BCUT2D eigenvalue weighted by Gasteiger charge is -2.09. The molecule has 2 aromatic rings. The van der Waals surface area contributed by atoms with Crippen LogP contribution in [0.15, 0.2) is 22.7 Å². The van der Waals surface area contributed by atoms with Crippen molar-refractivity contribution < 1.29 is 13.3 Å². The van der Waals surface area contributed by atoms with Gasteiger partial charge in [-0.1, -0.05) is 19.0 Å². The number of nitrogens with two attached hydrogens (primary N) is 1. The Labute approximate surface area is 103 Å². The molecule has 2 rings (SSSR count). The second-order valence-electron chi connectivity index (χ2n) is 4.35. The first kappa shape index (κ1) is 12.6. The molecule has 1 atom stereocenters. The lowest BCUT2D eigenvalue weighted by molar-refractivity contribution is 0.325. The monoisotopic (exact) mass is 253 g/mol. The third-order valence-corrected chi connectivity index (χ3v) is 2.62. The minimum absolute atomic E-state index is 0.142. The summed E-state index contributed by atoms with van der Waals surface area (Å²) in [6, 6.07) is 3.04. The summed E-state index contributed by atoms with van der Waals surface area (Å²) in [4.78, 5) is 4.08. The van der Waals surface area contributed by atoms with Gasteiger partial charge in [-0.05, 0) is 24.1 Å². The molecular formula is C12H13F2N3O. The average Bonchev–Trinajstić information content (AvgIpc) is 2.81. The SMILES string of the molecule is CC(C)C(N)c1nc(-c2ccc(F)c(F)c2)no1. The van der Waals surface area contributed by atoms with Crippen LogP contribution in [0.1, 0.15) is 25.8 Å². The Morgan fingerprint density at radius 3 is 2.56 bits per heavy atom. The van der Waals surface area contributed by atoms with E-state index in [9.17, 15) is 8.78 Å². The number of benzene rings is 1. The molecule has 0 spiro atoms. The smallest absolute Gasteiger partial charge is 0.244 e. The van der Waals surface area contributed by atoms with E-state index in [1.807, 2.05) is 13.8 Å². The summed E-state index contributed by atoms with van der Waals surface area (Å²) in [5.74, 6) is -1.25. The molecule has 96 valence electrons. The van der Waals surface area contributed by atoms with Crippen molar-refractivity contribution in [2.24, 2.45) is 11.7 Å². The number of halogens is 2. The van der Waals surface area contributed by atoms with Crippen LogP contribution >= 0.6 is 0 Å². The van der Waals surface area contributed by atoms with Crippen molar-refractivity contribution in [2.45, 2.75) is 19.9 Å². The molecule has 4 nitrogen and oxygen atoms in total. The van der Waals surface area contributed by atoms with E-state index in [4.69, 9.17) is 10.3 Å². The molecule has 0 saturated heterocycles. The van der Waals surface area contributed by atoms with Gasteiger partial charge in [-0.25, -0.2) is 8.78 Å². The van der Waals surface area contributed by atoms with Gasteiger partial charge < -0.3 is 10.3 Å². The maximum absolute atomic E-state index is 13.1. The molecule has 1 unspecified atom stereocenters. The largest absolute Gasteiger partial charge is 0.337 e. The quantitative estimate of drug-likeness (QED) is 0.913. The Balaban J connectivity index is 2.32. The summed E-state index contributed by atoms with van der Waals surface area (Å²) in [5, 5.41) is 3.71. The van der Waals surface area contributed by atoms with E-state index in [-0.39, 0.29) is 23.7 Å². The van der Waals surface area contributed by atoms with E-state index in [1.54, 1.807) is 0 Å². The van der Waals surface area contributed by atoms with E-state index >= 15 is 0 Å². The van der Waals surface area contributed by atoms with Crippen molar-refractivity contribution >= 4 is 0 Å². The molecular weight excluding hydrogens is 240 g/mol. The fourth-order valence-electron chi connectivity index (χ4n) is 1.41. The number of rotatable bonds is 3. The van der Waals surface area contributed by atoms with Gasteiger partial charge in [0, 0.05) is 5.56 Å². The Hall–Kier alpha value is -1.82.